The first kappa shape index (κ1) is 16.6. The summed E-state index contributed by atoms with van der Waals surface area (Å²) in [6.07, 6.45) is 4.34. The van der Waals surface area contributed by atoms with Crippen LogP contribution in [0.5, 0.6) is 0 Å². The Kier molecular flexibility index (Phi) is 5.94. The zero-order valence-electron chi connectivity index (χ0n) is 13.9. The quantitative estimate of drug-likeness (QED) is 0.894. The standard InChI is InChI=1S/C17H29N3S/c1-5-8-18-14(2)15-6-9-19-16(13-15)20-10-7-17(3,4)21-12-11-20/h6,9,13-14,18H,5,7-8,10-12H2,1-4H3. The molecule has 1 aromatic rings. The molecule has 0 amide bonds. The second-order valence-electron chi connectivity index (χ2n) is 6.47. The lowest BCUT2D eigenvalue weighted by molar-refractivity contribution is 0.569. The Bertz CT molecular complexity index is 447. The van der Waals surface area contributed by atoms with Gasteiger partial charge in [0.2, 0.25) is 0 Å². The third-order valence-electron chi connectivity index (χ3n) is 4.13. The normalized spacial score (nSPS) is 20.1. The molecule has 118 valence electrons. The lowest BCUT2D eigenvalue weighted by Crippen LogP contribution is -2.28. The van der Waals surface area contributed by atoms with Crippen molar-refractivity contribution in [3.05, 3.63) is 23.9 Å². The Balaban J connectivity index is 2.06. The van der Waals surface area contributed by atoms with E-state index in [4.69, 9.17) is 0 Å². The minimum absolute atomic E-state index is 0.391. The smallest absolute Gasteiger partial charge is 0.128 e. The Morgan fingerprint density at radius 1 is 1.43 bits per heavy atom. The zero-order valence-corrected chi connectivity index (χ0v) is 14.7. The Hall–Kier alpha value is -0.740. The van der Waals surface area contributed by atoms with Gasteiger partial charge < -0.3 is 10.2 Å². The van der Waals surface area contributed by atoms with E-state index < -0.39 is 0 Å². The summed E-state index contributed by atoms with van der Waals surface area (Å²) >= 11 is 2.08. The summed E-state index contributed by atoms with van der Waals surface area (Å²) in [5.74, 6) is 2.32. The highest BCUT2D eigenvalue weighted by atomic mass is 32.2. The lowest BCUT2D eigenvalue weighted by Gasteiger charge is -2.24. The molecule has 0 saturated carbocycles. The van der Waals surface area contributed by atoms with Gasteiger partial charge in [0.05, 0.1) is 0 Å². The molecule has 21 heavy (non-hydrogen) atoms. The van der Waals surface area contributed by atoms with Gasteiger partial charge in [0.1, 0.15) is 5.82 Å². The van der Waals surface area contributed by atoms with Gasteiger partial charge in [-0.1, -0.05) is 20.8 Å². The number of aromatic nitrogens is 1. The third-order valence-corrected chi connectivity index (χ3v) is 5.50. The fraction of sp³-hybridized carbons (Fsp3) is 0.706. The second kappa shape index (κ2) is 7.50. The van der Waals surface area contributed by atoms with E-state index in [-0.39, 0.29) is 0 Å². The van der Waals surface area contributed by atoms with E-state index in [1.807, 2.05) is 6.20 Å². The number of hydrogen-bond acceptors (Lipinski definition) is 4. The van der Waals surface area contributed by atoms with E-state index >= 15 is 0 Å². The molecule has 2 rings (SSSR count). The Morgan fingerprint density at radius 3 is 3.00 bits per heavy atom. The summed E-state index contributed by atoms with van der Waals surface area (Å²) in [6.45, 7) is 12.4. The van der Waals surface area contributed by atoms with Crippen LogP contribution < -0.4 is 10.2 Å². The van der Waals surface area contributed by atoms with Crippen LogP contribution in [-0.4, -0.2) is 35.1 Å². The molecular weight excluding hydrogens is 278 g/mol. The number of pyridine rings is 1. The number of rotatable bonds is 5. The minimum atomic E-state index is 0.391. The summed E-state index contributed by atoms with van der Waals surface area (Å²) < 4.78 is 0.391. The van der Waals surface area contributed by atoms with E-state index in [1.165, 1.54) is 24.2 Å². The molecule has 1 N–H and O–H groups in total. The molecule has 1 fully saturated rings. The van der Waals surface area contributed by atoms with Crippen molar-refractivity contribution in [2.45, 2.75) is 51.3 Å². The molecule has 2 heterocycles. The van der Waals surface area contributed by atoms with E-state index in [9.17, 15) is 0 Å². The summed E-state index contributed by atoms with van der Waals surface area (Å²) in [6, 6.07) is 4.79. The first-order valence-electron chi connectivity index (χ1n) is 8.10. The monoisotopic (exact) mass is 307 g/mol. The zero-order chi connectivity index (χ0) is 15.3. The maximum Gasteiger partial charge on any atom is 0.128 e. The molecule has 0 aromatic carbocycles. The lowest BCUT2D eigenvalue weighted by atomic mass is 10.1. The average molecular weight is 308 g/mol. The van der Waals surface area contributed by atoms with Crippen LogP contribution in [0.1, 0.15) is 52.1 Å². The fourth-order valence-corrected chi connectivity index (χ4v) is 3.70. The summed E-state index contributed by atoms with van der Waals surface area (Å²) in [4.78, 5) is 7.05. The fourth-order valence-electron chi connectivity index (χ4n) is 2.60. The van der Waals surface area contributed by atoms with Gasteiger partial charge in [-0.25, -0.2) is 4.98 Å². The Labute approximate surface area is 133 Å². The van der Waals surface area contributed by atoms with Crippen LogP contribution in [0, 0.1) is 0 Å². The molecule has 1 unspecified atom stereocenters. The van der Waals surface area contributed by atoms with Gasteiger partial charge in [-0.05, 0) is 44.0 Å². The largest absolute Gasteiger partial charge is 0.356 e. The predicted molar refractivity (Wildman–Crippen MR) is 94.3 cm³/mol. The predicted octanol–water partition coefficient (Wildman–Crippen LogP) is 3.86. The summed E-state index contributed by atoms with van der Waals surface area (Å²) in [5, 5.41) is 3.55. The van der Waals surface area contributed by atoms with Crippen molar-refractivity contribution in [3.63, 3.8) is 0 Å². The van der Waals surface area contributed by atoms with Crippen LogP contribution in [0.4, 0.5) is 5.82 Å². The van der Waals surface area contributed by atoms with Gasteiger partial charge in [-0.2, -0.15) is 11.8 Å². The van der Waals surface area contributed by atoms with Crippen LogP contribution in [0.15, 0.2) is 18.3 Å². The van der Waals surface area contributed by atoms with E-state index in [0.29, 0.717) is 10.8 Å². The molecule has 1 atom stereocenters. The third kappa shape index (κ3) is 4.89. The highest BCUT2D eigenvalue weighted by Crippen LogP contribution is 2.32. The number of hydrogen-bond donors (Lipinski definition) is 1. The summed E-state index contributed by atoms with van der Waals surface area (Å²) in [7, 11) is 0. The maximum atomic E-state index is 4.60. The molecule has 1 saturated heterocycles. The van der Waals surface area contributed by atoms with Gasteiger partial charge >= 0.3 is 0 Å². The van der Waals surface area contributed by atoms with Crippen LogP contribution in [0.25, 0.3) is 0 Å². The molecule has 1 aliphatic rings. The van der Waals surface area contributed by atoms with Gasteiger partial charge in [0.25, 0.3) is 0 Å². The topological polar surface area (TPSA) is 28.2 Å². The number of anilines is 1. The molecule has 0 aliphatic carbocycles. The molecule has 3 nitrogen and oxygen atoms in total. The molecule has 1 aromatic heterocycles. The van der Waals surface area contributed by atoms with E-state index in [1.54, 1.807) is 0 Å². The SMILES string of the molecule is CCCNC(C)c1ccnc(N2CCSC(C)(C)CC2)c1. The van der Waals surface area contributed by atoms with Crippen molar-refractivity contribution in [1.29, 1.82) is 0 Å². The number of thioether (sulfide) groups is 1. The van der Waals surface area contributed by atoms with Crippen molar-refractivity contribution in [2.75, 3.05) is 30.3 Å². The van der Waals surface area contributed by atoms with Gasteiger partial charge in [-0.15, -0.1) is 0 Å². The maximum absolute atomic E-state index is 4.60. The van der Waals surface area contributed by atoms with Crippen molar-refractivity contribution in [1.82, 2.24) is 10.3 Å². The first-order chi connectivity index (χ1) is 10.0. The van der Waals surface area contributed by atoms with Crippen LogP contribution in [-0.2, 0) is 0 Å². The summed E-state index contributed by atoms with van der Waals surface area (Å²) in [5.41, 5.74) is 1.34. The molecule has 0 radical (unpaired) electrons. The molecular formula is C17H29N3S. The molecule has 1 aliphatic heterocycles. The highest BCUT2D eigenvalue weighted by molar-refractivity contribution is 8.00. The first-order valence-corrected chi connectivity index (χ1v) is 9.08. The number of nitrogens with zero attached hydrogens (tertiary/aromatic N) is 2. The number of nitrogens with one attached hydrogen (secondary N) is 1. The van der Waals surface area contributed by atoms with Crippen LogP contribution in [0.3, 0.4) is 0 Å². The van der Waals surface area contributed by atoms with E-state index in [2.05, 4.69) is 66.8 Å². The van der Waals surface area contributed by atoms with Gasteiger partial charge in [0, 0.05) is 35.8 Å². The molecule has 0 bridgehead atoms. The van der Waals surface area contributed by atoms with Crippen molar-refractivity contribution >= 4 is 17.6 Å². The van der Waals surface area contributed by atoms with Crippen molar-refractivity contribution in [2.24, 2.45) is 0 Å². The van der Waals surface area contributed by atoms with E-state index in [0.717, 1.165) is 25.5 Å². The van der Waals surface area contributed by atoms with Gasteiger partial charge in [-0.3, -0.25) is 0 Å². The van der Waals surface area contributed by atoms with Crippen LogP contribution in [0.2, 0.25) is 0 Å². The van der Waals surface area contributed by atoms with Crippen LogP contribution >= 0.6 is 11.8 Å². The highest BCUT2D eigenvalue weighted by Gasteiger charge is 2.24. The second-order valence-corrected chi connectivity index (χ2v) is 8.27. The Morgan fingerprint density at radius 2 is 2.24 bits per heavy atom. The van der Waals surface area contributed by atoms with Crippen molar-refractivity contribution in [3.8, 4) is 0 Å². The van der Waals surface area contributed by atoms with Crippen molar-refractivity contribution < 1.29 is 0 Å². The molecule has 4 heteroatoms. The minimum Gasteiger partial charge on any atom is -0.356 e. The average Bonchev–Trinajstić information content (AvgIpc) is 2.65. The van der Waals surface area contributed by atoms with Gasteiger partial charge in [0.15, 0.2) is 0 Å². The molecule has 0 spiro atoms.